The Hall–Kier alpha value is -4.48. The van der Waals surface area contributed by atoms with Crippen LogP contribution in [0, 0.1) is 5.92 Å². The number of nitrogen functional groups attached to an aromatic ring is 1. The average molecular weight is 656 g/mol. The average Bonchev–Trinajstić information content (AvgIpc) is 3.43. The van der Waals surface area contributed by atoms with Gasteiger partial charge in [0.2, 0.25) is 11.8 Å². The van der Waals surface area contributed by atoms with Crippen LogP contribution in [0.1, 0.15) is 57.5 Å². The maximum atomic E-state index is 11.7. The van der Waals surface area contributed by atoms with Crippen molar-refractivity contribution in [1.82, 2.24) is 14.5 Å². The summed E-state index contributed by atoms with van der Waals surface area (Å²) in [4.78, 5) is 35.7. The highest BCUT2D eigenvalue weighted by molar-refractivity contribution is 5.93. The van der Waals surface area contributed by atoms with E-state index >= 15 is 0 Å². The number of pyridine rings is 1. The standard InChI is InChI=1S/C22H26N4O2.C15H23N3O2/c1-16(27)25(2)19-6-7-21-20(14-19)24-22(13-18-5-3-4-10-23-18)26(21)15-17-8-11-28-12-9-17;1-11(19)18(2)12-6-7-15(14(16)9-12)17-10-13-5-3-4-8-20-13/h3-7,10,14,17H,8-9,11-13,15H2,1-2H3;6-7,9,13,17H,3-5,8,10,16H2,1-2H3. The molecule has 1 unspecified atom stereocenters. The number of anilines is 4. The third-order valence-electron chi connectivity index (χ3n) is 9.21. The highest BCUT2D eigenvalue weighted by Gasteiger charge is 2.20. The number of hydrogen-bond acceptors (Lipinski definition) is 8. The van der Waals surface area contributed by atoms with E-state index in [9.17, 15) is 9.59 Å². The third-order valence-corrected chi connectivity index (χ3v) is 9.21. The largest absolute Gasteiger partial charge is 0.397 e. The number of carbonyl (C=O) groups excluding carboxylic acids is 2. The number of nitrogens with two attached hydrogens (primary N) is 1. The number of amides is 2. The van der Waals surface area contributed by atoms with Crippen LogP contribution in [-0.2, 0) is 32.0 Å². The molecule has 11 nitrogen and oxygen atoms in total. The molecule has 2 aromatic carbocycles. The van der Waals surface area contributed by atoms with Crippen molar-refractivity contribution in [3.05, 3.63) is 72.3 Å². The molecule has 0 saturated carbocycles. The molecule has 2 aliphatic rings. The summed E-state index contributed by atoms with van der Waals surface area (Å²) in [5.74, 6) is 1.60. The summed E-state index contributed by atoms with van der Waals surface area (Å²) < 4.78 is 13.5. The van der Waals surface area contributed by atoms with Crippen molar-refractivity contribution < 1.29 is 19.1 Å². The zero-order valence-corrected chi connectivity index (χ0v) is 28.7. The van der Waals surface area contributed by atoms with Crippen molar-refractivity contribution >= 4 is 45.6 Å². The number of fused-ring (bicyclic) bond motifs is 1. The van der Waals surface area contributed by atoms with E-state index in [0.29, 0.717) is 18.0 Å². The van der Waals surface area contributed by atoms with Crippen LogP contribution < -0.4 is 20.9 Å². The van der Waals surface area contributed by atoms with Crippen LogP contribution in [0.25, 0.3) is 11.0 Å². The van der Waals surface area contributed by atoms with E-state index in [1.807, 2.05) is 54.7 Å². The molecule has 0 bridgehead atoms. The van der Waals surface area contributed by atoms with Gasteiger partial charge < -0.3 is 34.9 Å². The minimum Gasteiger partial charge on any atom is -0.397 e. The summed E-state index contributed by atoms with van der Waals surface area (Å²) in [5.41, 5.74) is 12.3. The maximum Gasteiger partial charge on any atom is 0.223 e. The molecule has 256 valence electrons. The molecule has 2 aliphatic heterocycles. The normalized spacial score (nSPS) is 16.5. The zero-order chi connectivity index (χ0) is 34.0. The van der Waals surface area contributed by atoms with Gasteiger partial charge in [-0.15, -0.1) is 0 Å². The number of ether oxygens (including phenoxy) is 2. The smallest absolute Gasteiger partial charge is 0.223 e. The molecule has 2 aromatic heterocycles. The van der Waals surface area contributed by atoms with Crippen LogP contribution in [0.4, 0.5) is 22.7 Å². The van der Waals surface area contributed by atoms with E-state index < -0.39 is 0 Å². The van der Waals surface area contributed by atoms with Crippen molar-refractivity contribution in [2.75, 3.05) is 61.3 Å². The van der Waals surface area contributed by atoms with Crippen molar-refractivity contribution in [2.24, 2.45) is 5.92 Å². The second-order valence-corrected chi connectivity index (χ2v) is 12.7. The lowest BCUT2D eigenvalue weighted by Gasteiger charge is -2.24. The van der Waals surface area contributed by atoms with Gasteiger partial charge in [0.05, 0.1) is 28.5 Å². The van der Waals surface area contributed by atoms with Gasteiger partial charge in [-0.25, -0.2) is 4.98 Å². The molecule has 0 spiro atoms. The summed E-state index contributed by atoms with van der Waals surface area (Å²) in [5, 5.41) is 3.32. The Morgan fingerprint density at radius 2 is 1.67 bits per heavy atom. The summed E-state index contributed by atoms with van der Waals surface area (Å²) in [6.45, 7) is 7.32. The number of imidazole rings is 1. The first kappa shape index (κ1) is 34.8. The lowest BCUT2D eigenvalue weighted by molar-refractivity contribution is -0.117. The van der Waals surface area contributed by atoms with Gasteiger partial charge in [-0.1, -0.05) is 6.07 Å². The molecule has 0 radical (unpaired) electrons. The van der Waals surface area contributed by atoms with Crippen molar-refractivity contribution in [3.63, 3.8) is 0 Å². The fourth-order valence-corrected chi connectivity index (χ4v) is 6.04. The van der Waals surface area contributed by atoms with Crippen LogP contribution in [0.3, 0.4) is 0 Å². The lowest BCUT2D eigenvalue weighted by Crippen LogP contribution is -2.27. The van der Waals surface area contributed by atoms with Gasteiger partial charge in [0.15, 0.2) is 0 Å². The molecular formula is C37H49N7O4. The number of hydrogen-bond donors (Lipinski definition) is 2. The van der Waals surface area contributed by atoms with Gasteiger partial charge in [-0.2, -0.15) is 0 Å². The maximum absolute atomic E-state index is 11.7. The predicted octanol–water partition coefficient (Wildman–Crippen LogP) is 5.66. The Balaban J connectivity index is 0.000000199. The summed E-state index contributed by atoms with van der Waals surface area (Å²) in [6, 6.07) is 17.7. The number of nitrogens with one attached hydrogen (secondary N) is 1. The fraction of sp³-hybridized carbons (Fsp3) is 0.459. The third kappa shape index (κ3) is 9.11. The van der Waals surface area contributed by atoms with E-state index in [2.05, 4.69) is 20.9 Å². The number of aromatic nitrogens is 3. The monoisotopic (exact) mass is 655 g/mol. The second-order valence-electron chi connectivity index (χ2n) is 12.7. The number of rotatable bonds is 9. The Kier molecular flexibility index (Phi) is 12.0. The van der Waals surface area contributed by atoms with Crippen molar-refractivity contribution in [3.8, 4) is 0 Å². The molecule has 2 saturated heterocycles. The van der Waals surface area contributed by atoms with Crippen LogP contribution in [0.5, 0.6) is 0 Å². The first-order valence-electron chi connectivity index (χ1n) is 16.9. The first-order chi connectivity index (χ1) is 23.2. The molecule has 0 aliphatic carbocycles. The van der Waals surface area contributed by atoms with E-state index in [1.54, 1.807) is 30.8 Å². The second kappa shape index (κ2) is 16.6. The van der Waals surface area contributed by atoms with Crippen LogP contribution >= 0.6 is 0 Å². The van der Waals surface area contributed by atoms with Gasteiger partial charge in [0.25, 0.3) is 0 Å². The summed E-state index contributed by atoms with van der Waals surface area (Å²) in [7, 11) is 3.53. The predicted molar refractivity (Wildman–Crippen MR) is 191 cm³/mol. The number of benzene rings is 2. The molecule has 4 heterocycles. The molecular weight excluding hydrogens is 606 g/mol. The van der Waals surface area contributed by atoms with Crippen LogP contribution in [0.2, 0.25) is 0 Å². The van der Waals surface area contributed by atoms with Gasteiger partial charge in [0.1, 0.15) is 5.82 Å². The molecule has 2 amide bonds. The quantitative estimate of drug-likeness (QED) is 0.221. The Morgan fingerprint density at radius 1 is 0.938 bits per heavy atom. The summed E-state index contributed by atoms with van der Waals surface area (Å²) >= 11 is 0. The van der Waals surface area contributed by atoms with E-state index in [-0.39, 0.29) is 17.9 Å². The highest BCUT2D eigenvalue weighted by atomic mass is 16.5. The van der Waals surface area contributed by atoms with E-state index in [4.69, 9.17) is 20.2 Å². The Labute approximate surface area is 283 Å². The van der Waals surface area contributed by atoms with Crippen molar-refractivity contribution in [2.45, 2.75) is 65.0 Å². The fourth-order valence-electron chi connectivity index (χ4n) is 6.04. The summed E-state index contributed by atoms with van der Waals surface area (Å²) in [6.07, 6.45) is 8.41. The number of nitrogens with zero attached hydrogens (tertiary/aromatic N) is 5. The van der Waals surface area contributed by atoms with Gasteiger partial charge in [-0.05, 0) is 86.6 Å². The Bertz CT molecular complexity index is 1660. The van der Waals surface area contributed by atoms with Gasteiger partial charge >= 0.3 is 0 Å². The molecule has 3 N–H and O–H groups in total. The van der Waals surface area contributed by atoms with E-state index in [0.717, 1.165) is 98.2 Å². The molecule has 2 fully saturated rings. The number of carbonyl (C=O) groups is 2. The van der Waals surface area contributed by atoms with Gasteiger partial charge in [-0.3, -0.25) is 14.6 Å². The van der Waals surface area contributed by atoms with Crippen LogP contribution in [-0.4, -0.2) is 72.9 Å². The molecule has 11 heteroatoms. The molecule has 48 heavy (non-hydrogen) atoms. The Morgan fingerprint density at radius 3 is 2.31 bits per heavy atom. The SMILES string of the molecule is CC(=O)N(C)c1ccc(NCC2CCCCO2)c(N)c1.CC(=O)N(C)c1ccc2c(c1)nc(Cc1ccccn1)n2CC1CCOCC1. The first-order valence-corrected chi connectivity index (χ1v) is 16.9. The minimum atomic E-state index is -0.0132. The van der Waals surface area contributed by atoms with Gasteiger partial charge in [0, 0.05) is 90.5 Å². The molecule has 4 aromatic rings. The van der Waals surface area contributed by atoms with Crippen LogP contribution in [0.15, 0.2) is 60.8 Å². The van der Waals surface area contributed by atoms with Crippen molar-refractivity contribution in [1.29, 1.82) is 0 Å². The van der Waals surface area contributed by atoms with E-state index in [1.165, 1.54) is 13.3 Å². The molecule has 1 atom stereocenters. The minimum absolute atomic E-state index is 0.00898. The lowest BCUT2D eigenvalue weighted by atomic mass is 10.00. The topological polar surface area (TPSA) is 128 Å². The zero-order valence-electron chi connectivity index (χ0n) is 28.7. The molecule has 6 rings (SSSR count). The highest BCUT2D eigenvalue weighted by Crippen LogP contribution is 2.28.